The number of nitro groups is 1. The van der Waals surface area contributed by atoms with E-state index in [0.29, 0.717) is 18.7 Å². The number of non-ortho nitro benzene ring substituents is 1. The highest BCUT2D eigenvalue weighted by molar-refractivity contribution is 7.89. The van der Waals surface area contributed by atoms with E-state index in [2.05, 4.69) is 10.2 Å². The molecule has 132 valence electrons. The van der Waals surface area contributed by atoms with Crippen LogP contribution in [-0.4, -0.2) is 67.9 Å². The summed E-state index contributed by atoms with van der Waals surface area (Å²) in [7, 11) is -3.71. The van der Waals surface area contributed by atoms with Crippen molar-refractivity contribution in [3.8, 4) is 0 Å². The molecule has 1 aromatic rings. The number of piperazine rings is 1. The van der Waals surface area contributed by atoms with Gasteiger partial charge in [-0.1, -0.05) is 6.07 Å². The molecule has 2 heterocycles. The fourth-order valence-electron chi connectivity index (χ4n) is 3.39. The Balaban J connectivity index is 1.81. The summed E-state index contributed by atoms with van der Waals surface area (Å²) >= 11 is 0. The normalized spacial score (nSPS) is 23.5. The van der Waals surface area contributed by atoms with E-state index in [-0.39, 0.29) is 16.6 Å². The van der Waals surface area contributed by atoms with Crippen molar-refractivity contribution in [3.05, 3.63) is 33.9 Å². The van der Waals surface area contributed by atoms with Crippen molar-refractivity contribution in [2.75, 3.05) is 39.3 Å². The fraction of sp³-hybridized carbons (Fsp3) is 0.600. The van der Waals surface area contributed by atoms with Crippen LogP contribution >= 0.6 is 0 Å². The second-order valence-corrected chi connectivity index (χ2v) is 8.20. The average molecular weight is 354 g/mol. The van der Waals surface area contributed by atoms with Gasteiger partial charge in [-0.2, -0.15) is 4.31 Å². The van der Waals surface area contributed by atoms with E-state index in [4.69, 9.17) is 0 Å². The summed E-state index contributed by atoms with van der Waals surface area (Å²) in [4.78, 5) is 12.8. The largest absolute Gasteiger partial charge is 0.314 e. The van der Waals surface area contributed by atoms with Gasteiger partial charge >= 0.3 is 0 Å². The Morgan fingerprint density at radius 2 is 1.96 bits per heavy atom. The van der Waals surface area contributed by atoms with Gasteiger partial charge in [-0.05, 0) is 18.9 Å². The third-order valence-corrected chi connectivity index (χ3v) is 6.80. The average Bonchev–Trinajstić information content (AvgIpc) is 3.06. The number of sulfonamides is 1. The molecule has 0 spiro atoms. The van der Waals surface area contributed by atoms with Gasteiger partial charge in [0.25, 0.3) is 5.69 Å². The van der Waals surface area contributed by atoms with Crippen molar-refractivity contribution >= 4 is 15.7 Å². The van der Waals surface area contributed by atoms with E-state index < -0.39 is 14.9 Å². The van der Waals surface area contributed by atoms with Gasteiger partial charge in [0.1, 0.15) is 0 Å². The van der Waals surface area contributed by atoms with Gasteiger partial charge in [0.15, 0.2) is 0 Å². The van der Waals surface area contributed by atoms with Crippen molar-refractivity contribution in [1.29, 1.82) is 0 Å². The first-order chi connectivity index (χ1) is 11.4. The first-order valence-electron chi connectivity index (χ1n) is 8.09. The van der Waals surface area contributed by atoms with E-state index >= 15 is 0 Å². The molecule has 1 atom stereocenters. The summed E-state index contributed by atoms with van der Waals surface area (Å²) in [5.41, 5.74) is 0.336. The topological polar surface area (TPSA) is 95.8 Å². The number of aryl methyl sites for hydroxylation is 1. The van der Waals surface area contributed by atoms with Crippen molar-refractivity contribution in [3.63, 3.8) is 0 Å². The molecule has 9 heteroatoms. The van der Waals surface area contributed by atoms with E-state index in [0.717, 1.165) is 32.6 Å². The third kappa shape index (κ3) is 3.30. The van der Waals surface area contributed by atoms with Gasteiger partial charge in [-0.3, -0.25) is 15.0 Å². The molecule has 2 fully saturated rings. The lowest BCUT2D eigenvalue weighted by atomic mass is 10.2. The maximum absolute atomic E-state index is 12.9. The summed E-state index contributed by atoms with van der Waals surface area (Å²) < 4.78 is 27.3. The van der Waals surface area contributed by atoms with Crippen LogP contribution in [-0.2, 0) is 10.0 Å². The Kier molecular flexibility index (Phi) is 4.86. The molecule has 0 amide bonds. The molecule has 8 nitrogen and oxygen atoms in total. The first kappa shape index (κ1) is 17.3. The van der Waals surface area contributed by atoms with Gasteiger partial charge in [0, 0.05) is 57.4 Å². The number of nitro benzene ring substituents is 1. The Bertz CT molecular complexity index is 731. The van der Waals surface area contributed by atoms with Crippen molar-refractivity contribution in [1.82, 2.24) is 14.5 Å². The van der Waals surface area contributed by atoms with Crippen LogP contribution in [0.15, 0.2) is 23.1 Å². The Labute approximate surface area is 141 Å². The van der Waals surface area contributed by atoms with Gasteiger partial charge in [0.2, 0.25) is 10.0 Å². The number of hydrogen-bond donors (Lipinski definition) is 1. The summed E-state index contributed by atoms with van der Waals surface area (Å²) in [6.07, 6.45) is 0.799. The SMILES string of the molecule is Cc1ccc([N+](=O)[O-])cc1S(=O)(=O)N1CCC(N2CCNCC2)C1. The number of rotatable bonds is 4. The molecule has 0 saturated carbocycles. The fourth-order valence-corrected chi connectivity index (χ4v) is 5.13. The lowest BCUT2D eigenvalue weighted by Gasteiger charge is -2.32. The quantitative estimate of drug-likeness (QED) is 0.627. The lowest BCUT2D eigenvalue weighted by Crippen LogP contribution is -2.49. The second-order valence-electron chi connectivity index (χ2n) is 6.30. The highest BCUT2D eigenvalue weighted by Gasteiger charge is 2.36. The van der Waals surface area contributed by atoms with Gasteiger partial charge in [0.05, 0.1) is 9.82 Å². The number of nitrogens with zero attached hydrogens (tertiary/aromatic N) is 3. The maximum atomic E-state index is 12.9. The Morgan fingerprint density at radius 1 is 1.25 bits per heavy atom. The predicted octanol–water partition coefficient (Wildman–Crippen LogP) is 0.571. The smallest absolute Gasteiger partial charge is 0.270 e. The number of hydrogen-bond acceptors (Lipinski definition) is 6. The second kappa shape index (κ2) is 6.75. The Morgan fingerprint density at radius 3 is 2.62 bits per heavy atom. The van der Waals surface area contributed by atoms with E-state index in [1.165, 1.54) is 22.5 Å². The molecule has 0 aromatic heterocycles. The van der Waals surface area contributed by atoms with Gasteiger partial charge in [-0.15, -0.1) is 0 Å². The molecule has 2 saturated heterocycles. The van der Waals surface area contributed by atoms with Gasteiger partial charge < -0.3 is 5.32 Å². The van der Waals surface area contributed by atoms with Crippen LogP contribution in [0.3, 0.4) is 0 Å². The molecule has 2 aliphatic rings. The van der Waals surface area contributed by atoms with Crippen LogP contribution in [0.25, 0.3) is 0 Å². The first-order valence-corrected chi connectivity index (χ1v) is 9.53. The van der Waals surface area contributed by atoms with E-state index in [1.54, 1.807) is 6.92 Å². The van der Waals surface area contributed by atoms with Crippen LogP contribution < -0.4 is 5.32 Å². The minimum absolute atomic E-state index is 0.0395. The Hall–Kier alpha value is -1.55. The minimum Gasteiger partial charge on any atom is -0.314 e. The highest BCUT2D eigenvalue weighted by Crippen LogP contribution is 2.28. The zero-order valence-corrected chi connectivity index (χ0v) is 14.5. The minimum atomic E-state index is -3.71. The predicted molar refractivity (Wildman–Crippen MR) is 89.4 cm³/mol. The van der Waals surface area contributed by atoms with E-state index in [9.17, 15) is 18.5 Å². The van der Waals surface area contributed by atoms with Crippen LogP contribution in [0.5, 0.6) is 0 Å². The van der Waals surface area contributed by atoms with Crippen LogP contribution in [0.4, 0.5) is 5.69 Å². The molecular formula is C15H22N4O4S. The third-order valence-electron chi connectivity index (χ3n) is 4.79. The zero-order valence-electron chi connectivity index (χ0n) is 13.6. The summed E-state index contributed by atoms with van der Waals surface area (Å²) in [6.45, 7) is 6.27. The molecule has 0 radical (unpaired) electrons. The van der Waals surface area contributed by atoms with Crippen LogP contribution in [0, 0.1) is 17.0 Å². The molecule has 3 rings (SSSR count). The molecule has 0 bridgehead atoms. The summed E-state index contributed by atoms with van der Waals surface area (Å²) in [5.74, 6) is 0. The monoisotopic (exact) mass is 354 g/mol. The summed E-state index contributed by atoms with van der Waals surface area (Å²) in [5, 5.41) is 14.2. The zero-order chi connectivity index (χ0) is 17.3. The highest BCUT2D eigenvalue weighted by atomic mass is 32.2. The molecule has 1 unspecified atom stereocenters. The number of benzene rings is 1. The summed E-state index contributed by atoms with van der Waals surface area (Å²) in [6, 6.07) is 4.22. The van der Waals surface area contributed by atoms with E-state index in [1.807, 2.05) is 0 Å². The molecule has 1 aromatic carbocycles. The molecule has 24 heavy (non-hydrogen) atoms. The van der Waals surface area contributed by atoms with Gasteiger partial charge in [-0.25, -0.2) is 8.42 Å². The molecular weight excluding hydrogens is 332 g/mol. The molecule has 1 N–H and O–H groups in total. The van der Waals surface area contributed by atoms with Crippen molar-refractivity contribution in [2.45, 2.75) is 24.3 Å². The van der Waals surface area contributed by atoms with Crippen LogP contribution in [0.2, 0.25) is 0 Å². The molecule has 0 aliphatic carbocycles. The standard InChI is InChI=1S/C15H22N4O4S/c1-12-2-3-13(19(20)21)10-15(12)24(22,23)18-7-4-14(11-18)17-8-5-16-6-9-17/h2-3,10,14,16H,4-9,11H2,1H3. The maximum Gasteiger partial charge on any atom is 0.270 e. The van der Waals surface area contributed by atoms with Crippen molar-refractivity contribution < 1.29 is 13.3 Å². The lowest BCUT2D eigenvalue weighted by molar-refractivity contribution is -0.385. The number of nitrogens with one attached hydrogen (secondary N) is 1. The van der Waals surface area contributed by atoms with Crippen LogP contribution in [0.1, 0.15) is 12.0 Å². The van der Waals surface area contributed by atoms with Crippen molar-refractivity contribution in [2.24, 2.45) is 0 Å². The molecule has 2 aliphatic heterocycles.